The molecule has 1 aromatic rings. The van der Waals surface area contributed by atoms with Crippen molar-refractivity contribution in [2.24, 2.45) is 0 Å². The molecule has 1 rings (SSSR count). The quantitative estimate of drug-likeness (QED) is 0.727. The van der Waals surface area contributed by atoms with Crippen molar-refractivity contribution in [2.75, 3.05) is 7.11 Å². The van der Waals surface area contributed by atoms with Crippen molar-refractivity contribution in [2.45, 2.75) is 6.42 Å². The molecule has 0 aliphatic heterocycles. The summed E-state index contributed by atoms with van der Waals surface area (Å²) >= 11 is 0. The van der Waals surface area contributed by atoms with Crippen molar-refractivity contribution in [1.82, 2.24) is 4.98 Å². The van der Waals surface area contributed by atoms with Gasteiger partial charge in [0.05, 0.1) is 13.5 Å². The summed E-state index contributed by atoms with van der Waals surface area (Å²) in [5.41, 5.74) is 0.446. The molecule has 0 atom stereocenters. The Balaban J connectivity index is 2.65. The van der Waals surface area contributed by atoms with Crippen molar-refractivity contribution >= 4 is 12.0 Å². The minimum Gasteiger partial charge on any atom is -0.469 e. The standard InChI is InChI=1S/C10H11NO3/c1-14-10(13)4-2-3-8-7-11-6-5-9(8)12/h2-3,5-7H,4H2,1H3,(H,11,12). The minimum absolute atomic E-state index is 0.0788. The van der Waals surface area contributed by atoms with E-state index in [4.69, 9.17) is 0 Å². The molecule has 1 heterocycles. The van der Waals surface area contributed by atoms with Gasteiger partial charge in [-0.05, 0) is 0 Å². The van der Waals surface area contributed by atoms with Gasteiger partial charge in [-0.25, -0.2) is 0 Å². The van der Waals surface area contributed by atoms with Crippen LogP contribution >= 0.6 is 0 Å². The number of methoxy groups -OCH3 is 1. The van der Waals surface area contributed by atoms with E-state index in [1.807, 2.05) is 0 Å². The van der Waals surface area contributed by atoms with Crippen LogP contribution in [0.25, 0.3) is 6.08 Å². The number of aromatic nitrogens is 1. The second kappa shape index (κ2) is 5.01. The number of carbonyl (C=O) groups excluding carboxylic acids is 1. The summed E-state index contributed by atoms with van der Waals surface area (Å²) in [5, 5.41) is 0. The van der Waals surface area contributed by atoms with Gasteiger partial charge in [-0.3, -0.25) is 9.59 Å². The van der Waals surface area contributed by atoms with E-state index >= 15 is 0 Å². The predicted molar refractivity (Wildman–Crippen MR) is 52.7 cm³/mol. The number of aromatic amines is 1. The van der Waals surface area contributed by atoms with Crippen LogP contribution in [-0.4, -0.2) is 18.1 Å². The molecular formula is C10H11NO3. The van der Waals surface area contributed by atoms with Gasteiger partial charge in [-0.15, -0.1) is 0 Å². The zero-order valence-corrected chi connectivity index (χ0v) is 7.82. The molecule has 1 N–H and O–H groups in total. The highest BCUT2D eigenvalue weighted by Gasteiger charge is 1.95. The summed E-state index contributed by atoms with van der Waals surface area (Å²) in [5.74, 6) is -0.325. The molecule has 0 radical (unpaired) electrons. The average molecular weight is 193 g/mol. The molecule has 14 heavy (non-hydrogen) atoms. The third-order valence-electron chi connectivity index (χ3n) is 1.66. The summed E-state index contributed by atoms with van der Waals surface area (Å²) in [6, 6.07) is 1.43. The van der Waals surface area contributed by atoms with Crippen molar-refractivity contribution < 1.29 is 9.53 Å². The first-order valence-corrected chi connectivity index (χ1v) is 4.14. The topological polar surface area (TPSA) is 59.2 Å². The molecule has 0 spiro atoms. The van der Waals surface area contributed by atoms with Gasteiger partial charge in [-0.2, -0.15) is 0 Å². The van der Waals surface area contributed by atoms with Crippen LogP contribution in [0, 0.1) is 0 Å². The highest BCUT2D eigenvalue weighted by molar-refractivity contribution is 5.72. The lowest BCUT2D eigenvalue weighted by Gasteiger charge is -1.92. The maximum Gasteiger partial charge on any atom is 0.309 e. The van der Waals surface area contributed by atoms with E-state index in [9.17, 15) is 9.59 Å². The van der Waals surface area contributed by atoms with Crippen LogP contribution in [0.1, 0.15) is 12.0 Å². The molecular weight excluding hydrogens is 182 g/mol. The van der Waals surface area contributed by atoms with E-state index in [1.54, 1.807) is 24.5 Å². The van der Waals surface area contributed by atoms with Gasteiger partial charge in [0.15, 0.2) is 5.43 Å². The fourth-order valence-electron chi connectivity index (χ4n) is 0.925. The van der Waals surface area contributed by atoms with Gasteiger partial charge in [-0.1, -0.05) is 12.2 Å². The van der Waals surface area contributed by atoms with Crippen LogP contribution in [0.4, 0.5) is 0 Å². The number of carbonyl (C=O) groups is 1. The smallest absolute Gasteiger partial charge is 0.309 e. The minimum atomic E-state index is -0.325. The lowest BCUT2D eigenvalue weighted by atomic mass is 10.2. The van der Waals surface area contributed by atoms with E-state index in [0.29, 0.717) is 5.56 Å². The number of ether oxygens (including phenoxy) is 1. The first-order valence-electron chi connectivity index (χ1n) is 4.14. The normalized spacial score (nSPS) is 10.4. The summed E-state index contributed by atoms with van der Waals surface area (Å²) in [4.78, 5) is 24.7. The first-order chi connectivity index (χ1) is 6.74. The molecule has 74 valence electrons. The second-order valence-electron chi connectivity index (χ2n) is 2.65. The molecule has 0 aromatic carbocycles. The second-order valence-corrected chi connectivity index (χ2v) is 2.65. The van der Waals surface area contributed by atoms with E-state index in [2.05, 4.69) is 9.72 Å². The van der Waals surface area contributed by atoms with Crippen molar-refractivity contribution in [3.63, 3.8) is 0 Å². The van der Waals surface area contributed by atoms with Gasteiger partial charge < -0.3 is 9.72 Å². The highest BCUT2D eigenvalue weighted by atomic mass is 16.5. The van der Waals surface area contributed by atoms with Crippen molar-refractivity contribution in [3.8, 4) is 0 Å². The number of rotatable bonds is 3. The predicted octanol–water partition coefficient (Wildman–Crippen LogP) is 0.951. The third kappa shape index (κ3) is 2.90. The van der Waals surface area contributed by atoms with Crippen molar-refractivity contribution in [1.29, 1.82) is 0 Å². The van der Waals surface area contributed by atoms with Crippen LogP contribution in [0.15, 0.2) is 29.3 Å². The number of nitrogens with one attached hydrogen (secondary N) is 1. The number of hydrogen-bond donors (Lipinski definition) is 1. The maximum absolute atomic E-state index is 11.2. The number of H-pyrrole nitrogens is 1. The monoisotopic (exact) mass is 193 g/mol. The molecule has 1 aromatic heterocycles. The molecule has 0 unspecified atom stereocenters. The lowest BCUT2D eigenvalue weighted by molar-refractivity contribution is -0.139. The Morgan fingerprint density at radius 3 is 3.07 bits per heavy atom. The van der Waals surface area contributed by atoms with Gasteiger partial charge >= 0.3 is 5.97 Å². The van der Waals surface area contributed by atoms with Gasteiger partial charge in [0, 0.05) is 24.0 Å². The zero-order chi connectivity index (χ0) is 10.4. The van der Waals surface area contributed by atoms with Gasteiger partial charge in [0.25, 0.3) is 0 Å². The fraction of sp³-hybridized carbons (Fsp3) is 0.200. The van der Waals surface area contributed by atoms with Crippen LogP contribution in [0.5, 0.6) is 0 Å². The Morgan fingerprint density at radius 2 is 2.43 bits per heavy atom. The summed E-state index contributed by atoms with van der Waals surface area (Å²) in [7, 11) is 1.32. The van der Waals surface area contributed by atoms with E-state index in [1.165, 1.54) is 13.2 Å². The van der Waals surface area contributed by atoms with Crippen LogP contribution in [0.3, 0.4) is 0 Å². The Bertz CT molecular complexity index is 392. The van der Waals surface area contributed by atoms with E-state index in [-0.39, 0.29) is 17.8 Å². The van der Waals surface area contributed by atoms with Crippen LogP contribution in [0.2, 0.25) is 0 Å². The maximum atomic E-state index is 11.2. The SMILES string of the molecule is COC(=O)CC=Cc1c[nH]ccc1=O. The van der Waals surface area contributed by atoms with Crippen LogP contribution < -0.4 is 5.43 Å². The third-order valence-corrected chi connectivity index (χ3v) is 1.66. The summed E-state index contributed by atoms with van der Waals surface area (Å²) in [6.45, 7) is 0. The summed E-state index contributed by atoms with van der Waals surface area (Å²) < 4.78 is 4.44. The largest absolute Gasteiger partial charge is 0.469 e. The Labute approximate surface area is 81.2 Å². The Morgan fingerprint density at radius 1 is 1.64 bits per heavy atom. The number of hydrogen-bond acceptors (Lipinski definition) is 3. The molecule has 0 saturated carbocycles. The molecule has 4 heteroatoms. The van der Waals surface area contributed by atoms with Gasteiger partial charge in [0.1, 0.15) is 0 Å². The number of pyridine rings is 1. The molecule has 0 fully saturated rings. The highest BCUT2D eigenvalue weighted by Crippen LogP contribution is 1.95. The van der Waals surface area contributed by atoms with Gasteiger partial charge in [0.2, 0.25) is 0 Å². The molecule has 0 amide bonds. The lowest BCUT2D eigenvalue weighted by Crippen LogP contribution is -2.02. The Hall–Kier alpha value is -1.84. The van der Waals surface area contributed by atoms with Crippen molar-refractivity contribution in [3.05, 3.63) is 40.3 Å². The average Bonchev–Trinajstić information content (AvgIpc) is 2.20. The zero-order valence-electron chi connectivity index (χ0n) is 7.82. The Kier molecular flexibility index (Phi) is 3.67. The van der Waals surface area contributed by atoms with E-state index in [0.717, 1.165) is 0 Å². The molecule has 0 bridgehead atoms. The molecule has 0 aliphatic carbocycles. The van der Waals surface area contributed by atoms with E-state index < -0.39 is 0 Å². The van der Waals surface area contributed by atoms with Crippen LogP contribution in [-0.2, 0) is 9.53 Å². The molecule has 4 nitrogen and oxygen atoms in total. The first kappa shape index (κ1) is 10.2. The fourth-order valence-corrected chi connectivity index (χ4v) is 0.925. The molecule has 0 saturated heterocycles. The summed E-state index contributed by atoms with van der Waals surface area (Å²) in [6.07, 6.45) is 6.49. The molecule has 0 aliphatic rings. The number of esters is 1.